The highest BCUT2D eigenvalue weighted by molar-refractivity contribution is 5.85. The van der Waals surface area contributed by atoms with Gasteiger partial charge in [0.15, 0.2) is 0 Å². The summed E-state index contributed by atoms with van der Waals surface area (Å²) in [6.07, 6.45) is 1.94. The lowest BCUT2D eigenvalue weighted by Gasteiger charge is -2.03. The van der Waals surface area contributed by atoms with Crippen molar-refractivity contribution in [2.24, 2.45) is 14.1 Å². The van der Waals surface area contributed by atoms with Crippen LogP contribution in [0.15, 0.2) is 18.3 Å². The number of aryl methyl sites for hydroxylation is 3. The molecule has 2 aromatic rings. The molecule has 0 bridgehead atoms. The molecule has 0 amide bonds. The van der Waals surface area contributed by atoms with Crippen molar-refractivity contribution in [1.82, 2.24) is 19.6 Å². The predicted molar refractivity (Wildman–Crippen MR) is 65.7 cm³/mol. The van der Waals surface area contributed by atoms with Gasteiger partial charge < -0.3 is 5.32 Å². The Morgan fingerprint density at radius 2 is 2.06 bits per heavy atom. The van der Waals surface area contributed by atoms with Crippen molar-refractivity contribution in [2.75, 3.05) is 5.32 Å². The van der Waals surface area contributed by atoms with Gasteiger partial charge in [-0.1, -0.05) is 0 Å². The Kier molecular flexibility index (Phi) is 3.95. The first kappa shape index (κ1) is 12.6. The molecule has 0 saturated heterocycles. The Balaban J connectivity index is 0.00000128. The number of hydrogen-bond acceptors (Lipinski definition) is 3. The summed E-state index contributed by atoms with van der Waals surface area (Å²) in [4.78, 5) is 0. The third-order valence-electron chi connectivity index (χ3n) is 2.22. The number of nitrogens with one attached hydrogen (secondary N) is 1. The first-order valence-electron chi connectivity index (χ1n) is 4.88. The number of rotatable bonds is 3. The molecule has 1 N–H and O–H groups in total. The van der Waals surface area contributed by atoms with Crippen LogP contribution in [0.2, 0.25) is 0 Å². The van der Waals surface area contributed by atoms with Gasteiger partial charge in [-0.15, -0.1) is 12.4 Å². The van der Waals surface area contributed by atoms with Gasteiger partial charge in [0.2, 0.25) is 0 Å². The van der Waals surface area contributed by atoms with Gasteiger partial charge in [-0.05, 0) is 13.0 Å². The smallest absolute Gasteiger partial charge is 0.124 e. The Morgan fingerprint density at radius 1 is 1.31 bits per heavy atom. The summed E-state index contributed by atoms with van der Waals surface area (Å²) in [5, 5.41) is 11.8. The lowest BCUT2D eigenvalue weighted by atomic mass is 10.4. The standard InChI is InChI=1S/C10H15N5.ClH/c1-8-6-10(15(3)12-8)11-7-9-4-5-14(2)13-9;/h4-6,11H,7H2,1-3H3;1H. The van der Waals surface area contributed by atoms with Gasteiger partial charge in [-0.25, -0.2) is 0 Å². The zero-order valence-electron chi connectivity index (χ0n) is 9.64. The zero-order valence-corrected chi connectivity index (χ0v) is 10.5. The molecule has 88 valence electrons. The molecule has 2 heterocycles. The molecular formula is C10H16ClN5. The van der Waals surface area contributed by atoms with Crippen LogP contribution in [0.3, 0.4) is 0 Å². The van der Waals surface area contributed by atoms with E-state index in [9.17, 15) is 0 Å². The maximum Gasteiger partial charge on any atom is 0.124 e. The first-order chi connectivity index (χ1) is 7.15. The molecule has 0 radical (unpaired) electrons. The van der Waals surface area contributed by atoms with Gasteiger partial charge in [0.25, 0.3) is 0 Å². The summed E-state index contributed by atoms with van der Waals surface area (Å²) < 4.78 is 3.63. The van der Waals surface area contributed by atoms with Crippen molar-refractivity contribution in [2.45, 2.75) is 13.5 Å². The lowest BCUT2D eigenvalue weighted by molar-refractivity contribution is 0.737. The highest BCUT2D eigenvalue weighted by Crippen LogP contribution is 2.09. The largest absolute Gasteiger partial charge is 0.365 e. The highest BCUT2D eigenvalue weighted by Gasteiger charge is 2.02. The second-order valence-corrected chi connectivity index (χ2v) is 3.63. The molecule has 0 spiro atoms. The van der Waals surface area contributed by atoms with Gasteiger partial charge in [0.1, 0.15) is 5.82 Å². The lowest BCUT2D eigenvalue weighted by Crippen LogP contribution is -2.05. The molecule has 16 heavy (non-hydrogen) atoms. The van der Waals surface area contributed by atoms with E-state index >= 15 is 0 Å². The quantitative estimate of drug-likeness (QED) is 0.886. The van der Waals surface area contributed by atoms with Crippen molar-refractivity contribution < 1.29 is 0 Å². The Bertz CT molecular complexity index is 459. The van der Waals surface area contributed by atoms with E-state index in [1.165, 1.54) is 0 Å². The monoisotopic (exact) mass is 241 g/mol. The molecular weight excluding hydrogens is 226 g/mol. The van der Waals surface area contributed by atoms with Gasteiger partial charge in [-0.3, -0.25) is 9.36 Å². The van der Waals surface area contributed by atoms with E-state index in [0.29, 0.717) is 0 Å². The van der Waals surface area contributed by atoms with Crippen molar-refractivity contribution in [1.29, 1.82) is 0 Å². The van der Waals surface area contributed by atoms with Crippen LogP contribution < -0.4 is 5.32 Å². The van der Waals surface area contributed by atoms with Crippen molar-refractivity contribution in [3.8, 4) is 0 Å². The van der Waals surface area contributed by atoms with Crippen LogP contribution in [-0.2, 0) is 20.6 Å². The minimum Gasteiger partial charge on any atom is -0.365 e. The Morgan fingerprint density at radius 3 is 2.56 bits per heavy atom. The van der Waals surface area contributed by atoms with Crippen LogP contribution in [0.5, 0.6) is 0 Å². The van der Waals surface area contributed by atoms with Crippen LogP contribution in [0.25, 0.3) is 0 Å². The molecule has 0 aliphatic heterocycles. The molecule has 0 saturated carbocycles. The molecule has 0 unspecified atom stereocenters. The first-order valence-corrected chi connectivity index (χ1v) is 4.88. The molecule has 5 nitrogen and oxygen atoms in total. The minimum absolute atomic E-state index is 0. The maximum absolute atomic E-state index is 4.29. The van der Waals surface area contributed by atoms with E-state index in [2.05, 4.69) is 15.5 Å². The number of aromatic nitrogens is 4. The highest BCUT2D eigenvalue weighted by atomic mass is 35.5. The molecule has 0 aliphatic carbocycles. The van der Waals surface area contributed by atoms with Crippen LogP contribution in [0, 0.1) is 6.92 Å². The van der Waals surface area contributed by atoms with Gasteiger partial charge in [0, 0.05) is 26.4 Å². The van der Waals surface area contributed by atoms with E-state index in [1.54, 1.807) is 4.68 Å². The fourth-order valence-electron chi connectivity index (χ4n) is 1.51. The second kappa shape index (κ2) is 5.03. The third-order valence-corrected chi connectivity index (χ3v) is 2.22. The zero-order chi connectivity index (χ0) is 10.8. The van der Waals surface area contributed by atoms with Crippen molar-refractivity contribution in [3.63, 3.8) is 0 Å². The molecule has 0 aliphatic rings. The number of hydrogen-bond donors (Lipinski definition) is 1. The average molecular weight is 242 g/mol. The summed E-state index contributed by atoms with van der Waals surface area (Å²) >= 11 is 0. The molecule has 0 fully saturated rings. The van der Waals surface area contributed by atoms with Crippen LogP contribution >= 0.6 is 12.4 Å². The van der Waals surface area contributed by atoms with E-state index < -0.39 is 0 Å². The average Bonchev–Trinajstić information content (AvgIpc) is 2.70. The summed E-state index contributed by atoms with van der Waals surface area (Å²) in [7, 11) is 3.84. The molecule has 6 heteroatoms. The van der Waals surface area contributed by atoms with E-state index in [4.69, 9.17) is 0 Å². The summed E-state index contributed by atoms with van der Waals surface area (Å²) in [6, 6.07) is 4.01. The predicted octanol–water partition coefficient (Wildman–Crippen LogP) is 1.50. The molecule has 2 aromatic heterocycles. The van der Waals surface area contributed by atoms with Gasteiger partial charge >= 0.3 is 0 Å². The van der Waals surface area contributed by atoms with Crippen molar-refractivity contribution in [3.05, 3.63) is 29.7 Å². The van der Waals surface area contributed by atoms with E-state index in [1.807, 2.05) is 44.0 Å². The topological polar surface area (TPSA) is 47.7 Å². The van der Waals surface area contributed by atoms with E-state index in [0.717, 1.165) is 23.8 Å². The Labute approximate surface area is 101 Å². The molecule has 0 aromatic carbocycles. The summed E-state index contributed by atoms with van der Waals surface area (Å²) in [6.45, 7) is 2.70. The SMILES string of the molecule is Cc1cc(NCc2ccn(C)n2)n(C)n1.Cl. The van der Waals surface area contributed by atoms with Crippen LogP contribution in [0.4, 0.5) is 5.82 Å². The maximum atomic E-state index is 4.29. The van der Waals surface area contributed by atoms with Crippen LogP contribution in [-0.4, -0.2) is 19.6 Å². The minimum atomic E-state index is 0. The molecule has 0 atom stereocenters. The second-order valence-electron chi connectivity index (χ2n) is 3.63. The number of anilines is 1. The van der Waals surface area contributed by atoms with Crippen molar-refractivity contribution >= 4 is 18.2 Å². The van der Waals surface area contributed by atoms with Gasteiger partial charge in [-0.2, -0.15) is 10.2 Å². The number of halogens is 1. The van der Waals surface area contributed by atoms with Crippen LogP contribution in [0.1, 0.15) is 11.4 Å². The summed E-state index contributed by atoms with van der Waals surface area (Å²) in [5.74, 6) is 1.01. The Hall–Kier alpha value is -1.49. The number of nitrogens with zero attached hydrogens (tertiary/aromatic N) is 4. The fourth-order valence-corrected chi connectivity index (χ4v) is 1.51. The molecule has 2 rings (SSSR count). The fraction of sp³-hybridized carbons (Fsp3) is 0.400. The van der Waals surface area contributed by atoms with Gasteiger partial charge in [0.05, 0.1) is 17.9 Å². The van der Waals surface area contributed by atoms with E-state index in [-0.39, 0.29) is 12.4 Å². The third kappa shape index (κ3) is 2.76. The summed E-state index contributed by atoms with van der Waals surface area (Å²) in [5.41, 5.74) is 2.04. The normalized spacial score (nSPS) is 9.94.